The second-order valence-electron chi connectivity index (χ2n) is 3.87. The Hall–Kier alpha value is -1.46. The summed E-state index contributed by atoms with van der Waals surface area (Å²) in [6, 6.07) is 3.60. The van der Waals surface area contributed by atoms with E-state index < -0.39 is 10.1 Å². The maximum atomic E-state index is 12.0. The topological polar surface area (TPSA) is 56.3 Å². The van der Waals surface area contributed by atoms with Crippen molar-refractivity contribution in [3.63, 3.8) is 0 Å². The highest BCUT2D eigenvalue weighted by atomic mass is 32.2. The maximum absolute atomic E-state index is 12.0. The Morgan fingerprint density at radius 1 is 1.33 bits per heavy atom. The largest absolute Gasteiger partial charge is 0.293 e. The van der Waals surface area contributed by atoms with Crippen LogP contribution in [0.2, 0.25) is 0 Å². The van der Waals surface area contributed by atoms with Crippen LogP contribution in [0.15, 0.2) is 41.6 Å². The van der Waals surface area contributed by atoms with Gasteiger partial charge in [0.05, 0.1) is 11.5 Å². The van der Waals surface area contributed by atoms with Crippen molar-refractivity contribution in [3.05, 3.63) is 47.1 Å². The standard InChI is InChI=1S/C13H15NO3S/c1-2-17-18(15,16)13-6-4-3-5-12(13)11-7-9-14-10-8-11/h3,5,7-10H,2,4,6H2,1H3. The van der Waals surface area contributed by atoms with Crippen molar-refractivity contribution < 1.29 is 12.6 Å². The van der Waals surface area contributed by atoms with Crippen molar-refractivity contribution in [1.29, 1.82) is 0 Å². The van der Waals surface area contributed by atoms with Gasteiger partial charge in [-0.2, -0.15) is 8.42 Å². The Morgan fingerprint density at radius 3 is 2.72 bits per heavy atom. The quantitative estimate of drug-likeness (QED) is 0.785. The van der Waals surface area contributed by atoms with Crippen LogP contribution in [0.25, 0.3) is 5.57 Å². The van der Waals surface area contributed by atoms with Gasteiger partial charge in [0.1, 0.15) is 0 Å². The Bertz CT molecular complexity index is 574. The van der Waals surface area contributed by atoms with Crippen LogP contribution in [0.5, 0.6) is 0 Å². The molecular formula is C13H15NO3S. The summed E-state index contributed by atoms with van der Waals surface area (Å²) in [7, 11) is -3.62. The summed E-state index contributed by atoms with van der Waals surface area (Å²) in [5.74, 6) is 0. The average molecular weight is 265 g/mol. The molecule has 0 saturated carbocycles. The first-order chi connectivity index (χ1) is 8.65. The molecule has 4 nitrogen and oxygen atoms in total. The van der Waals surface area contributed by atoms with E-state index in [1.54, 1.807) is 31.5 Å². The van der Waals surface area contributed by atoms with Crippen LogP contribution in [0, 0.1) is 0 Å². The molecule has 2 rings (SSSR count). The Morgan fingerprint density at radius 2 is 2.06 bits per heavy atom. The Labute approximate surface area is 107 Å². The molecule has 0 radical (unpaired) electrons. The van der Waals surface area contributed by atoms with Crippen LogP contribution in [-0.4, -0.2) is 20.0 Å². The number of rotatable bonds is 4. The molecule has 0 saturated heterocycles. The van der Waals surface area contributed by atoms with Crippen molar-refractivity contribution in [1.82, 2.24) is 4.98 Å². The summed E-state index contributed by atoms with van der Waals surface area (Å²) in [5.41, 5.74) is 1.55. The maximum Gasteiger partial charge on any atom is 0.293 e. The molecule has 1 aromatic heterocycles. The number of allylic oxidation sites excluding steroid dienone is 4. The Balaban J connectivity index is 2.52. The van der Waals surface area contributed by atoms with E-state index in [0.29, 0.717) is 16.9 Å². The normalized spacial score (nSPS) is 16.1. The minimum atomic E-state index is -3.62. The Kier molecular flexibility index (Phi) is 3.93. The predicted molar refractivity (Wildman–Crippen MR) is 70.1 cm³/mol. The molecule has 1 aliphatic rings. The van der Waals surface area contributed by atoms with Crippen LogP contribution in [-0.2, 0) is 14.3 Å². The van der Waals surface area contributed by atoms with Gasteiger partial charge in [-0.05, 0) is 43.0 Å². The molecule has 1 heterocycles. The molecule has 0 atom stereocenters. The SMILES string of the molecule is CCOS(=O)(=O)C1=C(c2ccncc2)C=CCC1. The van der Waals surface area contributed by atoms with Crippen LogP contribution in [0.4, 0.5) is 0 Å². The fourth-order valence-corrected chi connectivity index (χ4v) is 3.19. The van der Waals surface area contributed by atoms with E-state index in [2.05, 4.69) is 4.98 Å². The summed E-state index contributed by atoms with van der Waals surface area (Å²) in [4.78, 5) is 4.30. The lowest BCUT2D eigenvalue weighted by Crippen LogP contribution is -2.12. The van der Waals surface area contributed by atoms with E-state index in [1.807, 2.05) is 12.2 Å². The fourth-order valence-electron chi connectivity index (χ4n) is 1.92. The predicted octanol–water partition coefficient (Wildman–Crippen LogP) is 2.51. The molecule has 0 bridgehead atoms. The third-order valence-corrected chi connectivity index (χ3v) is 4.26. The highest BCUT2D eigenvalue weighted by molar-refractivity contribution is 7.90. The lowest BCUT2D eigenvalue weighted by molar-refractivity contribution is 0.342. The summed E-state index contributed by atoms with van der Waals surface area (Å²) in [5, 5.41) is 0. The van der Waals surface area contributed by atoms with Crippen LogP contribution < -0.4 is 0 Å². The molecule has 0 N–H and O–H groups in total. The molecule has 0 spiro atoms. The van der Waals surface area contributed by atoms with E-state index in [0.717, 1.165) is 12.0 Å². The third-order valence-electron chi connectivity index (χ3n) is 2.69. The first kappa shape index (κ1) is 13.0. The van der Waals surface area contributed by atoms with Gasteiger partial charge in [-0.15, -0.1) is 0 Å². The van der Waals surface area contributed by atoms with Gasteiger partial charge < -0.3 is 0 Å². The van der Waals surface area contributed by atoms with Crippen molar-refractivity contribution in [2.45, 2.75) is 19.8 Å². The van der Waals surface area contributed by atoms with Crippen molar-refractivity contribution in [3.8, 4) is 0 Å². The molecule has 0 unspecified atom stereocenters. The van der Waals surface area contributed by atoms with E-state index in [9.17, 15) is 8.42 Å². The molecule has 18 heavy (non-hydrogen) atoms. The third kappa shape index (κ3) is 2.68. The van der Waals surface area contributed by atoms with Crippen molar-refractivity contribution >= 4 is 15.7 Å². The number of aromatic nitrogens is 1. The molecule has 1 aromatic rings. The average Bonchev–Trinajstić information content (AvgIpc) is 2.40. The zero-order chi connectivity index (χ0) is 13.0. The van der Waals surface area contributed by atoms with Crippen LogP contribution in [0.3, 0.4) is 0 Å². The minimum Gasteiger partial charge on any atom is -0.267 e. The summed E-state index contributed by atoms with van der Waals surface area (Å²) < 4.78 is 29.0. The number of pyridine rings is 1. The van der Waals surface area contributed by atoms with Gasteiger partial charge in [0.25, 0.3) is 10.1 Å². The van der Waals surface area contributed by atoms with Gasteiger partial charge >= 0.3 is 0 Å². The highest BCUT2D eigenvalue weighted by Crippen LogP contribution is 2.31. The smallest absolute Gasteiger partial charge is 0.267 e. The van der Waals surface area contributed by atoms with Gasteiger partial charge in [-0.1, -0.05) is 12.2 Å². The molecule has 5 heteroatoms. The lowest BCUT2D eigenvalue weighted by Gasteiger charge is -2.16. The van der Waals surface area contributed by atoms with Gasteiger partial charge in [0.2, 0.25) is 0 Å². The molecule has 1 aliphatic carbocycles. The van der Waals surface area contributed by atoms with E-state index in [4.69, 9.17) is 4.18 Å². The van der Waals surface area contributed by atoms with Crippen LogP contribution >= 0.6 is 0 Å². The molecule has 0 aliphatic heterocycles. The van der Waals surface area contributed by atoms with E-state index >= 15 is 0 Å². The van der Waals surface area contributed by atoms with Crippen LogP contribution in [0.1, 0.15) is 25.3 Å². The van der Waals surface area contributed by atoms with Crippen molar-refractivity contribution in [2.24, 2.45) is 0 Å². The second-order valence-corrected chi connectivity index (χ2v) is 5.51. The summed E-state index contributed by atoms with van der Waals surface area (Å²) >= 11 is 0. The molecule has 0 aromatic carbocycles. The number of hydrogen-bond donors (Lipinski definition) is 0. The molecule has 0 fully saturated rings. The minimum absolute atomic E-state index is 0.152. The van der Waals surface area contributed by atoms with Crippen molar-refractivity contribution in [2.75, 3.05) is 6.61 Å². The highest BCUT2D eigenvalue weighted by Gasteiger charge is 2.23. The van der Waals surface area contributed by atoms with Gasteiger partial charge in [-0.25, -0.2) is 0 Å². The van der Waals surface area contributed by atoms with Gasteiger partial charge in [-0.3, -0.25) is 9.17 Å². The first-order valence-electron chi connectivity index (χ1n) is 5.84. The van der Waals surface area contributed by atoms with Gasteiger partial charge in [0.15, 0.2) is 0 Å². The fraction of sp³-hybridized carbons (Fsp3) is 0.308. The van der Waals surface area contributed by atoms with E-state index in [1.165, 1.54) is 0 Å². The molecule has 0 amide bonds. The van der Waals surface area contributed by atoms with Gasteiger partial charge in [0, 0.05) is 12.4 Å². The van der Waals surface area contributed by atoms with E-state index in [-0.39, 0.29) is 6.61 Å². The second kappa shape index (κ2) is 5.46. The summed E-state index contributed by atoms with van der Waals surface area (Å²) in [6.07, 6.45) is 8.31. The molecule has 96 valence electrons. The lowest BCUT2D eigenvalue weighted by atomic mass is 10.0. The molecular weight excluding hydrogens is 250 g/mol. The first-order valence-corrected chi connectivity index (χ1v) is 7.25. The number of nitrogens with zero attached hydrogens (tertiary/aromatic N) is 1. The zero-order valence-corrected chi connectivity index (χ0v) is 11.0. The monoisotopic (exact) mass is 265 g/mol. The zero-order valence-electron chi connectivity index (χ0n) is 10.2. The number of hydrogen-bond acceptors (Lipinski definition) is 4. The summed E-state index contributed by atoms with van der Waals surface area (Å²) in [6.45, 7) is 1.82.